The summed E-state index contributed by atoms with van der Waals surface area (Å²) in [4.78, 5) is 32.6. The number of amides is 1. The quantitative estimate of drug-likeness (QED) is 0.135. The Morgan fingerprint density at radius 3 is 2.46 bits per heavy atom. The Morgan fingerprint density at radius 2 is 1.76 bits per heavy atom. The monoisotopic (exact) mass is 643 g/mol. The van der Waals surface area contributed by atoms with Gasteiger partial charge in [0, 0.05) is 53.2 Å². The Balaban J connectivity index is 1.32. The van der Waals surface area contributed by atoms with E-state index < -0.39 is 21.5 Å². The molecule has 1 saturated heterocycles. The van der Waals surface area contributed by atoms with E-state index in [0.29, 0.717) is 37.1 Å². The molecular weight excluding hydrogens is 602 g/mol. The van der Waals surface area contributed by atoms with Crippen LogP contribution in [0.4, 0.5) is 11.4 Å². The molecule has 10 heteroatoms. The zero-order valence-corrected chi connectivity index (χ0v) is 27.9. The standard InChI is InChI=1S/C36H41N3O6S/c1-25-18-21-33(40)39(25)45-34(41)26-19-20-29-28(24-26)36(4,5)31(37(29)6)16-8-7-9-17-32-35(2,3)27-14-10-11-15-30(27)38(32)22-12-13-23-46(42,43)44/h7-11,14-17,19-20,24H,1,12-13,18,21-23H2,2-6H3. The second-order valence-corrected chi connectivity index (χ2v) is 14.5. The summed E-state index contributed by atoms with van der Waals surface area (Å²) in [7, 11) is -2.23. The van der Waals surface area contributed by atoms with Crippen LogP contribution in [0.3, 0.4) is 0 Å². The van der Waals surface area contributed by atoms with E-state index in [1.54, 1.807) is 6.07 Å². The van der Waals surface area contributed by atoms with Crippen LogP contribution in [0.25, 0.3) is 0 Å². The largest absolute Gasteiger partial charge is 0.748 e. The zero-order valence-electron chi connectivity index (χ0n) is 27.1. The summed E-state index contributed by atoms with van der Waals surface area (Å²) in [6.07, 6.45) is 11.8. The van der Waals surface area contributed by atoms with Gasteiger partial charge < -0.3 is 14.3 Å². The molecule has 1 amide bonds. The van der Waals surface area contributed by atoms with Crippen molar-refractivity contribution in [3.05, 3.63) is 108 Å². The van der Waals surface area contributed by atoms with Crippen molar-refractivity contribution in [2.24, 2.45) is 0 Å². The molecule has 2 aromatic rings. The van der Waals surface area contributed by atoms with Crippen LogP contribution >= 0.6 is 0 Å². The zero-order chi connectivity index (χ0) is 33.4. The highest BCUT2D eigenvalue weighted by atomic mass is 32.2. The highest BCUT2D eigenvalue weighted by molar-refractivity contribution is 7.85. The van der Waals surface area contributed by atoms with Gasteiger partial charge in [-0.2, -0.15) is 4.58 Å². The molecule has 0 aromatic heterocycles. The van der Waals surface area contributed by atoms with Crippen molar-refractivity contribution >= 4 is 39.1 Å². The highest BCUT2D eigenvalue weighted by Crippen LogP contribution is 2.47. The molecule has 9 nitrogen and oxygen atoms in total. The van der Waals surface area contributed by atoms with Gasteiger partial charge in [0.2, 0.25) is 5.69 Å². The van der Waals surface area contributed by atoms with Crippen LogP contribution in [-0.4, -0.2) is 59.5 Å². The summed E-state index contributed by atoms with van der Waals surface area (Å²) in [6.45, 7) is 13.0. The van der Waals surface area contributed by atoms with E-state index in [0.717, 1.165) is 33.4 Å². The normalized spacial score (nSPS) is 19.7. The van der Waals surface area contributed by atoms with Gasteiger partial charge in [-0.15, -0.1) is 5.06 Å². The molecule has 0 N–H and O–H groups in total. The third-order valence-electron chi connectivity index (χ3n) is 9.14. The van der Waals surface area contributed by atoms with E-state index in [1.807, 2.05) is 49.5 Å². The number of fused-ring (bicyclic) bond motifs is 2. The van der Waals surface area contributed by atoms with E-state index in [1.165, 1.54) is 5.56 Å². The smallest absolute Gasteiger partial charge is 0.363 e. The Hall–Kier alpha value is -4.28. The molecule has 46 heavy (non-hydrogen) atoms. The van der Waals surface area contributed by atoms with Crippen molar-refractivity contribution in [3.8, 4) is 0 Å². The molecule has 2 aromatic carbocycles. The Bertz CT molecular complexity index is 1810. The molecule has 0 bridgehead atoms. The molecule has 1 fully saturated rings. The number of carbonyl (C=O) groups is 2. The van der Waals surface area contributed by atoms with E-state index >= 15 is 0 Å². The third-order valence-corrected chi connectivity index (χ3v) is 9.93. The van der Waals surface area contributed by atoms with Crippen LogP contribution in [0.15, 0.2) is 90.8 Å². The van der Waals surface area contributed by atoms with E-state index in [2.05, 4.69) is 68.0 Å². The van der Waals surface area contributed by atoms with Crippen molar-refractivity contribution in [1.82, 2.24) is 5.06 Å². The van der Waals surface area contributed by atoms with Crippen LogP contribution in [-0.2, 0) is 30.6 Å². The average molecular weight is 644 g/mol. The lowest BCUT2D eigenvalue weighted by Crippen LogP contribution is -2.28. The summed E-state index contributed by atoms with van der Waals surface area (Å²) in [5, 5.41) is 1.00. The number of unbranched alkanes of at least 4 members (excludes halogenated alkanes) is 1. The van der Waals surface area contributed by atoms with Gasteiger partial charge >= 0.3 is 5.97 Å². The van der Waals surface area contributed by atoms with Gasteiger partial charge in [-0.3, -0.25) is 4.79 Å². The molecule has 0 atom stereocenters. The topological polar surface area (TPSA) is 110 Å². The molecule has 3 aliphatic rings. The van der Waals surface area contributed by atoms with Gasteiger partial charge in [-0.05, 0) is 62.9 Å². The maximum Gasteiger partial charge on any atom is 0.363 e. The molecule has 0 unspecified atom stereocenters. The SMILES string of the molecule is C=C1CCC(=O)N1OC(=O)c1ccc2c(c1)C(C)(C)C(C=CC=CC=C1N(CCCCS(=O)(=O)[O-])c3ccccc3C1(C)C)=[N+]2C. The lowest BCUT2D eigenvalue weighted by atomic mass is 9.81. The van der Waals surface area contributed by atoms with Crippen LogP contribution < -0.4 is 4.90 Å². The molecule has 0 spiro atoms. The number of hydroxylamine groups is 2. The molecule has 5 rings (SSSR count). The van der Waals surface area contributed by atoms with Crippen molar-refractivity contribution in [2.45, 2.75) is 64.2 Å². The van der Waals surface area contributed by atoms with E-state index in [9.17, 15) is 22.6 Å². The summed E-state index contributed by atoms with van der Waals surface area (Å²) < 4.78 is 35.4. The van der Waals surface area contributed by atoms with Gasteiger partial charge in [-0.1, -0.05) is 56.9 Å². The maximum absolute atomic E-state index is 12.9. The van der Waals surface area contributed by atoms with Gasteiger partial charge in [0.15, 0.2) is 5.71 Å². The lowest BCUT2D eigenvalue weighted by Gasteiger charge is -2.27. The van der Waals surface area contributed by atoms with Crippen LogP contribution in [0.2, 0.25) is 0 Å². The number of para-hydroxylation sites is 1. The van der Waals surface area contributed by atoms with Gasteiger partial charge in [0.25, 0.3) is 5.91 Å². The van der Waals surface area contributed by atoms with Gasteiger partial charge in [-0.25, -0.2) is 13.2 Å². The minimum Gasteiger partial charge on any atom is -0.748 e. The fourth-order valence-corrected chi connectivity index (χ4v) is 7.19. The number of rotatable bonds is 10. The molecule has 0 saturated carbocycles. The summed E-state index contributed by atoms with van der Waals surface area (Å²) in [5.74, 6) is -1.23. The molecule has 242 valence electrons. The van der Waals surface area contributed by atoms with Crippen molar-refractivity contribution in [3.63, 3.8) is 0 Å². The van der Waals surface area contributed by atoms with Crippen molar-refractivity contribution in [2.75, 3.05) is 24.2 Å². The van der Waals surface area contributed by atoms with Gasteiger partial charge in [0.1, 0.15) is 7.05 Å². The van der Waals surface area contributed by atoms with E-state index in [4.69, 9.17) is 4.84 Å². The van der Waals surface area contributed by atoms with Crippen LogP contribution in [0, 0.1) is 0 Å². The Kier molecular flexibility index (Phi) is 8.99. The minimum atomic E-state index is -4.23. The van der Waals surface area contributed by atoms with Gasteiger partial charge in [0.05, 0.1) is 26.8 Å². The first-order valence-electron chi connectivity index (χ1n) is 15.5. The fraction of sp³-hybridized carbons (Fsp3) is 0.361. The molecule has 0 radical (unpaired) electrons. The second-order valence-electron chi connectivity index (χ2n) is 13.0. The number of benzene rings is 2. The lowest BCUT2D eigenvalue weighted by molar-refractivity contribution is -0.401. The first-order chi connectivity index (χ1) is 21.6. The number of nitrogens with zero attached hydrogens (tertiary/aromatic N) is 3. The number of carbonyl (C=O) groups excluding carboxylic acids is 2. The average Bonchev–Trinajstić information content (AvgIpc) is 3.50. The highest BCUT2D eigenvalue weighted by Gasteiger charge is 2.43. The second kappa shape index (κ2) is 12.5. The molecule has 0 aliphatic carbocycles. The van der Waals surface area contributed by atoms with E-state index in [-0.39, 0.29) is 23.5 Å². The number of hydrogen-bond donors (Lipinski definition) is 0. The van der Waals surface area contributed by atoms with Crippen LogP contribution in [0.1, 0.15) is 74.9 Å². The first kappa shape index (κ1) is 33.1. The number of allylic oxidation sites excluding steroid dienone is 7. The summed E-state index contributed by atoms with van der Waals surface area (Å²) in [5.41, 5.74) is 6.59. The minimum absolute atomic E-state index is 0.256. The summed E-state index contributed by atoms with van der Waals surface area (Å²) in [6, 6.07) is 13.7. The number of hydrogen-bond acceptors (Lipinski definition) is 7. The van der Waals surface area contributed by atoms with Crippen LogP contribution in [0.5, 0.6) is 0 Å². The first-order valence-corrected chi connectivity index (χ1v) is 17.1. The maximum atomic E-state index is 12.9. The fourth-order valence-electron chi connectivity index (χ4n) is 6.63. The third kappa shape index (κ3) is 6.37. The predicted octanol–water partition coefficient (Wildman–Crippen LogP) is 6.02. The Labute approximate surface area is 271 Å². The van der Waals surface area contributed by atoms with Crippen molar-refractivity contribution in [1.29, 1.82) is 0 Å². The predicted molar refractivity (Wildman–Crippen MR) is 178 cm³/mol. The summed E-state index contributed by atoms with van der Waals surface area (Å²) >= 11 is 0. The molecular formula is C36H41N3O6S. The molecule has 3 aliphatic heterocycles. The Morgan fingerprint density at radius 1 is 1.02 bits per heavy atom. The van der Waals surface area contributed by atoms with Crippen molar-refractivity contribution < 1.29 is 32.0 Å². The number of anilines is 1. The molecule has 3 heterocycles.